The maximum atomic E-state index is 12.0. The fourth-order valence-corrected chi connectivity index (χ4v) is 3.75. The highest BCUT2D eigenvalue weighted by Crippen LogP contribution is 2.20. The topological polar surface area (TPSA) is 88.8 Å². The van der Waals surface area contributed by atoms with E-state index in [4.69, 9.17) is 0 Å². The van der Waals surface area contributed by atoms with Crippen molar-refractivity contribution in [1.82, 2.24) is 29.5 Å². The zero-order chi connectivity index (χ0) is 16.0. The van der Waals surface area contributed by atoms with Crippen molar-refractivity contribution in [3.05, 3.63) is 45.1 Å². The van der Waals surface area contributed by atoms with Crippen molar-refractivity contribution in [3.8, 4) is 0 Å². The molecular formula is C14H12N6OS2. The van der Waals surface area contributed by atoms with Crippen molar-refractivity contribution in [2.45, 2.75) is 24.8 Å². The van der Waals surface area contributed by atoms with Gasteiger partial charge in [0.15, 0.2) is 0 Å². The van der Waals surface area contributed by atoms with E-state index in [0.29, 0.717) is 27.2 Å². The van der Waals surface area contributed by atoms with Gasteiger partial charge in [0.2, 0.25) is 5.16 Å². The number of nitrogens with one attached hydrogen (secondary N) is 1. The Kier molecular flexibility index (Phi) is 3.38. The van der Waals surface area contributed by atoms with Crippen LogP contribution in [0.2, 0.25) is 0 Å². The van der Waals surface area contributed by atoms with Crippen molar-refractivity contribution >= 4 is 39.1 Å². The molecule has 0 atom stereocenters. The maximum absolute atomic E-state index is 12.0. The highest BCUT2D eigenvalue weighted by Gasteiger charge is 2.10. The van der Waals surface area contributed by atoms with Crippen LogP contribution in [0.4, 0.5) is 0 Å². The molecule has 0 unspecified atom stereocenters. The quantitative estimate of drug-likeness (QED) is 0.574. The second-order valence-electron chi connectivity index (χ2n) is 5.08. The molecule has 0 aliphatic heterocycles. The number of H-pyrrole nitrogens is 1. The molecule has 116 valence electrons. The Morgan fingerprint density at radius 1 is 1.30 bits per heavy atom. The van der Waals surface area contributed by atoms with Gasteiger partial charge in [-0.05, 0) is 31.4 Å². The molecule has 0 amide bonds. The molecule has 0 bridgehead atoms. The predicted octanol–water partition coefficient (Wildman–Crippen LogP) is 2.33. The van der Waals surface area contributed by atoms with Crippen LogP contribution >= 0.6 is 23.1 Å². The van der Waals surface area contributed by atoms with Crippen LogP contribution in [0.1, 0.15) is 17.2 Å². The summed E-state index contributed by atoms with van der Waals surface area (Å²) in [5.41, 5.74) is 2.52. The first kappa shape index (κ1) is 14.3. The number of nitrogens with zero attached hydrogens (tertiary/aromatic N) is 5. The first-order valence-electron chi connectivity index (χ1n) is 6.90. The van der Waals surface area contributed by atoms with Crippen molar-refractivity contribution in [1.29, 1.82) is 0 Å². The van der Waals surface area contributed by atoms with Crippen LogP contribution in [-0.4, -0.2) is 29.5 Å². The lowest BCUT2D eigenvalue weighted by atomic mass is 10.4. The Balaban J connectivity index is 1.62. The van der Waals surface area contributed by atoms with E-state index in [1.807, 2.05) is 31.4 Å². The lowest BCUT2D eigenvalue weighted by Gasteiger charge is -1.98. The van der Waals surface area contributed by atoms with E-state index >= 15 is 0 Å². The monoisotopic (exact) mass is 344 g/mol. The van der Waals surface area contributed by atoms with Crippen molar-refractivity contribution in [2.75, 3.05) is 0 Å². The largest absolute Gasteiger partial charge is 0.309 e. The SMILES string of the molecule is Cc1cc(C)n2nc(SCc3nc4ccsc4c(=O)[nH]3)nc2n1. The summed E-state index contributed by atoms with van der Waals surface area (Å²) in [5.74, 6) is 1.70. The molecule has 0 spiro atoms. The highest BCUT2D eigenvalue weighted by atomic mass is 32.2. The summed E-state index contributed by atoms with van der Waals surface area (Å²) < 4.78 is 2.37. The number of thioether (sulfide) groups is 1. The first-order chi connectivity index (χ1) is 11.1. The summed E-state index contributed by atoms with van der Waals surface area (Å²) in [7, 11) is 0. The molecular weight excluding hydrogens is 332 g/mol. The second kappa shape index (κ2) is 5.43. The van der Waals surface area contributed by atoms with Crippen LogP contribution in [0.3, 0.4) is 0 Å². The molecule has 0 radical (unpaired) electrons. The molecule has 4 heterocycles. The summed E-state index contributed by atoms with van der Waals surface area (Å²) in [5, 5.41) is 6.91. The molecule has 0 aromatic carbocycles. The third-order valence-electron chi connectivity index (χ3n) is 3.30. The van der Waals surface area contributed by atoms with E-state index in [2.05, 4.69) is 25.0 Å². The van der Waals surface area contributed by atoms with Crippen molar-refractivity contribution < 1.29 is 0 Å². The molecule has 9 heteroatoms. The minimum atomic E-state index is -0.100. The Hall–Kier alpha value is -2.26. The molecule has 4 aromatic heterocycles. The summed E-state index contributed by atoms with van der Waals surface area (Å²) in [4.78, 5) is 28.0. The molecule has 1 N–H and O–H groups in total. The normalized spacial score (nSPS) is 11.6. The van der Waals surface area contributed by atoms with Gasteiger partial charge in [-0.2, -0.15) is 4.98 Å². The number of rotatable bonds is 3. The summed E-state index contributed by atoms with van der Waals surface area (Å²) in [6.07, 6.45) is 0. The molecule has 0 fully saturated rings. The van der Waals surface area contributed by atoms with Gasteiger partial charge in [0, 0.05) is 11.4 Å². The molecule has 23 heavy (non-hydrogen) atoms. The smallest absolute Gasteiger partial charge is 0.268 e. The second-order valence-corrected chi connectivity index (χ2v) is 6.94. The van der Waals surface area contributed by atoms with Crippen LogP contribution in [0, 0.1) is 13.8 Å². The standard InChI is InChI=1S/C14H12N6OS2/c1-7-5-8(2)20-13(15-7)18-14(19-20)23-6-10-16-9-3-4-22-11(9)12(21)17-10/h3-5H,6H2,1-2H3,(H,16,17,21). The highest BCUT2D eigenvalue weighted by molar-refractivity contribution is 7.98. The van der Waals surface area contributed by atoms with E-state index in [9.17, 15) is 4.79 Å². The number of aromatic amines is 1. The van der Waals surface area contributed by atoms with Crippen molar-refractivity contribution in [3.63, 3.8) is 0 Å². The van der Waals surface area contributed by atoms with E-state index in [1.54, 1.807) is 4.52 Å². The first-order valence-corrected chi connectivity index (χ1v) is 8.77. The van der Waals surface area contributed by atoms with Gasteiger partial charge in [-0.25, -0.2) is 14.5 Å². The number of hydrogen-bond donors (Lipinski definition) is 1. The van der Waals surface area contributed by atoms with Gasteiger partial charge in [0.1, 0.15) is 10.5 Å². The number of hydrogen-bond acceptors (Lipinski definition) is 7. The fraction of sp³-hybridized carbons (Fsp3) is 0.214. The van der Waals surface area contributed by atoms with Gasteiger partial charge in [-0.15, -0.1) is 16.4 Å². The molecule has 7 nitrogen and oxygen atoms in total. The fourth-order valence-electron chi connectivity index (χ4n) is 2.33. The Bertz CT molecular complexity index is 1080. The Morgan fingerprint density at radius 3 is 3.04 bits per heavy atom. The minimum Gasteiger partial charge on any atom is -0.309 e. The number of thiophene rings is 1. The van der Waals surface area contributed by atoms with Crippen LogP contribution in [0.15, 0.2) is 27.5 Å². The summed E-state index contributed by atoms with van der Waals surface area (Å²) >= 11 is 2.82. The molecule has 0 aliphatic carbocycles. The third kappa shape index (κ3) is 2.62. The van der Waals surface area contributed by atoms with Gasteiger partial charge in [0.05, 0.1) is 11.3 Å². The molecule has 0 aliphatic rings. The lowest BCUT2D eigenvalue weighted by Crippen LogP contribution is -2.09. The van der Waals surface area contributed by atoms with E-state index in [0.717, 1.165) is 16.9 Å². The van der Waals surface area contributed by atoms with E-state index < -0.39 is 0 Å². The lowest BCUT2D eigenvalue weighted by molar-refractivity contribution is 0.842. The zero-order valence-electron chi connectivity index (χ0n) is 12.4. The number of aromatic nitrogens is 6. The third-order valence-corrected chi connectivity index (χ3v) is 5.05. The van der Waals surface area contributed by atoms with Crippen molar-refractivity contribution in [2.24, 2.45) is 0 Å². The van der Waals surface area contributed by atoms with Crippen LogP contribution in [0.5, 0.6) is 0 Å². The summed E-state index contributed by atoms with van der Waals surface area (Å²) in [6, 6.07) is 3.81. The van der Waals surface area contributed by atoms with Crippen LogP contribution in [0.25, 0.3) is 16.0 Å². The molecule has 4 aromatic rings. The number of aryl methyl sites for hydroxylation is 2. The van der Waals surface area contributed by atoms with Crippen LogP contribution < -0.4 is 5.56 Å². The molecule has 4 rings (SSSR count). The number of fused-ring (bicyclic) bond motifs is 2. The summed E-state index contributed by atoms with van der Waals surface area (Å²) in [6.45, 7) is 3.90. The van der Waals surface area contributed by atoms with Gasteiger partial charge < -0.3 is 4.98 Å². The van der Waals surface area contributed by atoms with E-state index in [1.165, 1.54) is 23.1 Å². The molecule has 0 saturated carbocycles. The zero-order valence-corrected chi connectivity index (χ0v) is 14.0. The van der Waals surface area contributed by atoms with E-state index in [-0.39, 0.29) is 5.56 Å². The average Bonchev–Trinajstić information content (AvgIpc) is 3.11. The average molecular weight is 344 g/mol. The Morgan fingerprint density at radius 2 is 2.17 bits per heavy atom. The van der Waals surface area contributed by atoms with Crippen LogP contribution in [-0.2, 0) is 5.75 Å². The molecule has 0 saturated heterocycles. The minimum absolute atomic E-state index is 0.100. The van der Waals surface area contributed by atoms with Gasteiger partial charge in [0.25, 0.3) is 11.3 Å². The van der Waals surface area contributed by atoms with Gasteiger partial charge >= 0.3 is 0 Å². The van der Waals surface area contributed by atoms with Gasteiger partial charge in [-0.1, -0.05) is 11.8 Å². The predicted molar refractivity (Wildman–Crippen MR) is 90.1 cm³/mol. The maximum Gasteiger partial charge on any atom is 0.268 e. The van der Waals surface area contributed by atoms with Gasteiger partial charge in [-0.3, -0.25) is 4.79 Å². The Labute approximate surface area is 138 Å².